The summed E-state index contributed by atoms with van der Waals surface area (Å²) in [5.41, 5.74) is 0. The molecular weight excluding hydrogens is 220 g/mol. The summed E-state index contributed by atoms with van der Waals surface area (Å²) in [6, 6.07) is 0. The molecule has 0 aromatic rings. The van der Waals surface area contributed by atoms with Crippen LogP contribution in [-0.4, -0.2) is 26.0 Å². The summed E-state index contributed by atoms with van der Waals surface area (Å²) in [7, 11) is -0.657. The molecule has 1 aliphatic heterocycles. The Labute approximate surface area is 79.2 Å². The Kier molecular flexibility index (Phi) is 3.59. The van der Waals surface area contributed by atoms with Gasteiger partial charge in [-0.1, -0.05) is 29.0 Å². The third-order valence-electron chi connectivity index (χ3n) is 2.66. The minimum absolute atomic E-state index is 0.276. The number of hydrogen-bond donors (Lipinski definition) is 0. The summed E-state index contributed by atoms with van der Waals surface area (Å²) < 4.78 is 5.89. The highest BCUT2D eigenvalue weighted by Gasteiger charge is 2.35. The topological polar surface area (TPSA) is 9.23 Å². The Morgan fingerprint density at radius 3 is 2.45 bits per heavy atom. The smallest absolute Gasteiger partial charge is 0.0706 e. The summed E-state index contributed by atoms with van der Waals surface area (Å²) in [6.45, 7) is 5.75. The molecule has 1 atom stereocenters. The number of hydrogen-bond acceptors (Lipinski definition) is 1. The molecule has 1 heterocycles. The normalized spacial score (nSPS) is 32.7. The van der Waals surface area contributed by atoms with Crippen molar-refractivity contribution < 1.29 is 4.74 Å². The molecule has 0 amide bonds. The van der Waals surface area contributed by atoms with E-state index in [9.17, 15) is 0 Å². The van der Waals surface area contributed by atoms with Crippen LogP contribution in [0.2, 0.25) is 13.1 Å². The highest BCUT2D eigenvalue weighted by molar-refractivity contribution is 9.09. The van der Waals surface area contributed by atoms with Crippen molar-refractivity contribution in [2.24, 2.45) is 0 Å². The quantitative estimate of drug-likeness (QED) is 0.529. The molecule has 1 aliphatic rings. The Hall–Kier alpha value is 0.657. The third kappa shape index (κ3) is 2.07. The molecule has 11 heavy (non-hydrogen) atoms. The van der Waals surface area contributed by atoms with Crippen molar-refractivity contribution in [3.63, 3.8) is 0 Å². The number of halogens is 1. The van der Waals surface area contributed by atoms with Gasteiger partial charge < -0.3 is 4.74 Å². The van der Waals surface area contributed by atoms with Crippen molar-refractivity contribution >= 4 is 24.7 Å². The average Bonchev–Trinajstić information content (AvgIpc) is 2.05. The van der Waals surface area contributed by atoms with Crippen molar-refractivity contribution in [2.75, 3.05) is 11.9 Å². The van der Waals surface area contributed by atoms with Crippen molar-refractivity contribution in [1.29, 1.82) is 0 Å². The van der Waals surface area contributed by atoms with Gasteiger partial charge in [0.25, 0.3) is 0 Å². The second-order valence-corrected chi connectivity index (χ2v) is 7.58. The lowest BCUT2D eigenvalue weighted by Crippen LogP contribution is -2.48. The van der Waals surface area contributed by atoms with E-state index in [1.54, 1.807) is 0 Å². The second kappa shape index (κ2) is 4.05. The molecule has 3 heteroatoms. The first-order valence-electron chi connectivity index (χ1n) is 4.41. The number of ether oxygens (including phenoxy) is 1. The first-order valence-corrected chi connectivity index (χ1v) is 8.42. The summed E-state index contributed by atoms with van der Waals surface area (Å²) in [6.07, 6.45) is 3.90. The van der Waals surface area contributed by atoms with E-state index in [1.165, 1.54) is 19.3 Å². The Morgan fingerprint density at radius 2 is 2.18 bits per heavy atom. The highest BCUT2D eigenvalue weighted by Crippen LogP contribution is 2.29. The molecule has 0 aliphatic carbocycles. The highest BCUT2D eigenvalue weighted by atomic mass is 79.9. The van der Waals surface area contributed by atoms with Crippen LogP contribution in [0.5, 0.6) is 0 Å². The minimum Gasteiger partial charge on any atom is -0.378 e. The summed E-state index contributed by atoms with van der Waals surface area (Å²) in [5.74, 6) is 0. The molecule has 1 rings (SSSR count). The van der Waals surface area contributed by atoms with Gasteiger partial charge in [-0.15, -0.1) is 0 Å². The van der Waals surface area contributed by atoms with Crippen LogP contribution in [0.25, 0.3) is 0 Å². The zero-order valence-corrected chi connectivity index (χ0v) is 10.1. The van der Waals surface area contributed by atoms with Crippen molar-refractivity contribution in [3.8, 4) is 0 Å². The van der Waals surface area contributed by atoms with Crippen molar-refractivity contribution in [2.45, 2.75) is 37.6 Å². The van der Waals surface area contributed by atoms with Crippen LogP contribution >= 0.6 is 15.9 Å². The lowest BCUT2D eigenvalue weighted by Gasteiger charge is -2.38. The van der Waals surface area contributed by atoms with Crippen LogP contribution < -0.4 is 0 Å². The largest absolute Gasteiger partial charge is 0.378 e. The van der Waals surface area contributed by atoms with Gasteiger partial charge in [-0.05, 0) is 19.3 Å². The van der Waals surface area contributed by atoms with E-state index in [4.69, 9.17) is 4.74 Å². The van der Waals surface area contributed by atoms with E-state index < -0.39 is 8.80 Å². The first kappa shape index (κ1) is 9.74. The molecule has 66 valence electrons. The molecule has 1 nitrogen and oxygen atoms in total. The van der Waals surface area contributed by atoms with Crippen molar-refractivity contribution in [1.82, 2.24) is 0 Å². The molecule has 0 N–H and O–H groups in total. The summed E-state index contributed by atoms with van der Waals surface area (Å²) >= 11 is 3.58. The predicted octanol–water partition coefficient (Wildman–Crippen LogP) is 2.35. The third-order valence-corrected chi connectivity index (χ3v) is 6.97. The molecule has 1 fully saturated rings. The van der Waals surface area contributed by atoms with Crippen LogP contribution in [-0.2, 0) is 4.74 Å². The molecule has 0 aromatic heterocycles. The molecule has 1 unspecified atom stereocenters. The van der Waals surface area contributed by atoms with Crippen LogP contribution in [0.15, 0.2) is 0 Å². The lowest BCUT2D eigenvalue weighted by atomic mass is 10.1. The standard InChI is InChI=1S/C8H17BrOSi/c1-11(2)8(7-9)5-3-4-6-10-8/h11H,3-7H2,1-2H3. The van der Waals surface area contributed by atoms with Crippen molar-refractivity contribution in [3.05, 3.63) is 0 Å². The molecule has 0 radical (unpaired) electrons. The van der Waals surface area contributed by atoms with Gasteiger partial charge in [-0.3, -0.25) is 0 Å². The van der Waals surface area contributed by atoms with Crippen LogP contribution in [0.1, 0.15) is 19.3 Å². The van der Waals surface area contributed by atoms with E-state index in [1.807, 2.05) is 0 Å². The Balaban J connectivity index is 2.57. The Bertz CT molecular complexity index is 121. The summed E-state index contributed by atoms with van der Waals surface area (Å²) in [5, 5.41) is 1.32. The first-order chi connectivity index (χ1) is 5.21. The number of rotatable bonds is 2. The van der Waals surface area contributed by atoms with Crippen LogP contribution in [0.4, 0.5) is 0 Å². The van der Waals surface area contributed by atoms with E-state index in [0.29, 0.717) is 0 Å². The zero-order valence-electron chi connectivity index (χ0n) is 7.40. The van der Waals surface area contributed by atoms with Crippen LogP contribution in [0.3, 0.4) is 0 Å². The number of alkyl halides is 1. The van der Waals surface area contributed by atoms with Gasteiger partial charge in [0.05, 0.1) is 14.0 Å². The maximum atomic E-state index is 5.89. The zero-order chi connectivity index (χ0) is 8.32. The fourth-order valence-electron chi connectivity index (χ4n) is 1.59. The van der Waals surface area contributed by atoms with Gasteiger partial charge in [0.1, 0.15) is 0 Å². The SMILES string of the molecule is C[SiH](C)C1(CBr)CCCCO1. The molecule has 1 saturated heterocycles. The summed E-state index contributed by atoms with van der Waals surface area (Å²) in [4.78, 5) is 0. The minimum atomic E-state index is -0.657. The lowest BCUT2D eigenvalue weighted by molar-refractivity contribution is -0.00538. The predicted molar refractivity (Wildman–Crippen MR) is 55.2 cm³/mol. The van der Waals surface area contributed by atoms with E-state index in [0.717, 1.165) is 11.9 Å². The maximum Gasteiger partial charge on any atom is 0.0706 e. The molecule has 0 spiro atoms. The van der Waals surface area contributed by atoms with E-state index >= 15 is 0 Å². The van der Waals surface area contributed by atoms with Gasteiger partial charge in [0, 0.05) is 11.9 Å². The fourth-order valence-corrected chi connectivity index (χ4v) is 5.51. The molecular formula is C8H17BrOSi. The van der Waals surface area contributed by atoms with Gasteiger partial charge in [-0.25, -0.2) is 0 Å². The molecule has 0 bridgehead atoms. The van der Waals surface area contributed by atoms with Gasteiger partial charge >= 0.3 is 0 Å². The fraction of sp³-hybridized carbons (Fsp3) is 1.00. The van der Waals surface area contributed by atoms with Crippen LogP contribution in [0, 0.1) is 0 Å². The van der Waals surface area contributed by atoms with Gasteiger partial charge in [-0.2, -0.15) is 0 Å². The average molecular weight is 237 g/mol. The van der Waals surface area contributed by atoms with Gasteiger partial charge in [0.2, 0.25) is 0 Å². The van der Waals surface area contributed by atoms with Gasteiger partial charge in [0.15, 0.2) is 0 Å². The molecule has 0 saturated carbocycles. The van der Waals surface area contributed by atoms with E-state index in [2.05, 4.69) is 29.0 Å². The second-order valence-electron chi connectivity index (χ2n) is 3.66. The monoisotopic (exact) mass is 236 g/mol. The Morgan fingerprint density at radius 1 is 1.45 bits per heavy atom. The van der Waals surface area contributed by atoms with E-state index in [-0.39, 0.29) is 5.22 Å². The maximum absolute atomic E-state index is 5.89. The molecule has 0 aromatic carbocycles.